The van der Waals surface area contributed by atoms with E-state index in [9.17, 15) is 0 Å². The van der Waals surface area contributed by atoms with Crippen LogP contribution in [0.25, 0.3) is 16.3 Å². The van der Waals surface area contributed by atoms with E-state index in [0.29, 0.717) is 10.0 Å². The molecule has 0 bridgehead atoms. The van der Waals surface area contributed by atoms with Crippen LogP contribution in [0.3, 0.4) is 0 Å². The van der Waals surface area contributed by atoms with Crippen molar-refractivity contribution in [2.24, 2.45) is 0 Å². The van der Waals surface area contributed by atoms with Crippen molar-refractivity contribution in [3.8, 4) is 16.3 Å². The largest absolute Gasteiger partial charge is 0.369 e. The zero-order valence-corrected chi connectivity index (χ0v) is 13.3. The third-order valence-electron chi connectivity index (χ3n) is 3.54. The summed E-state index contributed by atoms with van der Waals surface area (Å²) in [4.78, 5) is 1.18. The molecule has 0 atom stereocenters. The second-order valence-electron chi connectivity index (χ2n) is 4.84. The first-order chi connectivity index (χ1) is 10.2. The molecule has 2 aromatic heterocycles. The van der Waals surface area contributed by atoms with E-state index in [-0.39, 0.29) is 0 Å². The maximum absolute atomic E-state index is 6.33. The highest BCUT2D eigenvalue weighted by molar-refractivity contribution is 7.13. The molecule has 21 heavy (non-hydrogen) atoms. The Kier molecular flexibility index (Phi) is 3.17. The molecule has 0 amide bonds. The summed E-state index contributed by atoms with van der Waals surface area (Å²) in [5.74, 6) is 1.03. The summed E-state index contributed by atoms with van der Waals surface area (Å²) >= 11 is 14.0. The molecule has 3 nitrogen and oxygen atoms in total. The Labute approximate surface area is 136 Å². The third-order valence-corrected chi connectivity index (χ3v) is 4.96. The molecule has 4 rings (SSSR count). The standard InChI is InChI=1S/C15H11Cl2N3S/c16-9-3-4-12(11(17)8-9)20-15-10(5-6-18-15)14(19-20)13-2-1-7-21-13/h1-4,7-8,18H,5-6H2. The van der Waals surface area contributed by atoms with E-state index in [2.05, 4.69) is 16.8 Å². The van der Waals surface area contributed by atoms with E-state index in [1.165, 1.54) is 10.4 Å². The number of benzene rings is 1. The van der Waals surface area contributed by atoms with Crippen LogP contribution in [-0.4, -0.2) is 16.3 Å². The second-order valence-corrected chi connectivity index (χ2v) is 6.63. The highest BCUT2D eigenvalue weighted by Gasteiger charge is 2.25. The lowest BCUT2D eigenvalue weighted by atomic mass is 10.2. The Balaban J connectivity index is 1.92. The Bertz CT molecular complexity index is 809. The van der Waals surface area contributed by atoms with Crippen molar-refractivity contribution in [1.82, 2.24) is 9.78 Å². The smallest absolute Gasteiger partial charge is 0.133 e. The van der Waals surface area contributed by atoms with Crippen molar-refractivity contribution in [3.05, 3.63) is 51.3 Å². The second kappa shape index (κ2) is 5.05. The van der Waals surface area contributed by atoms with E-state index < -0.39 is 0 Å². The van der Waals surface area contributed by atoms with Gasteiger partial charge in [0.05, 0.1) is 15.6 Å². The first-order valence-corrected chi connectivity index (χ1v) is 8.22. The van der Waals surface area contributed by atoms with E-state index in [4.69, 9.17) is 28.3 Å². The van der Waals surface area contributed by atoms with Crippen LogP contribution in [0.4, 0.5) is 5.82 Å². The van der Waals surface area contributed by atoms with Gasteiger partial charge in [0.15, 0.2) is 0 Å². The molecule has 1 aromatic carbocycles. The topological polar surface area (TPSA) is 29.9 Å². The van der Waals surface area contributed by atoms with E-state index >= 15 is 0 Å². The number of hydrogen-bond donors (Lipinski definition) is 1. The molecule has 0 unspecified atom stereocenters. The van der Waals surface area contributed by atoms with Crippen molar-refractivity contribution in [2.75, 3.05) is 11.9 Å². The number of hydrogen-bond acceptors (Lipinski definition) is 3. The third kappa shape index (κ3) is 2.14. The Morgan fingerprint density at radius 3 is 2.90 bits per heavy atom. The number of anilines is 1. The molecule has 0 fully saturated rings. The van der Waals surface area contributed by atoms with Gasteiger partial charge in [-0.2, -0.15) is 5.10 Å². The minimum absolute atomic E-state index is 0.597. The lowest BCUT2D eigenvalue weighted by Crippen LogP contribution is -2.04. The van der Waals surface area contributed by atoms with E-state index in [1.807, 2.05) is 22.9 Å². The maximum Gasteiger partial charge on any atom is 0.133 e. The molecule has 1 aliphatic heterocycles. The molecule has 1 N–H and O–H groups in total. The van der Waals surface area contributed by atoms with Crippen LogP contribution >= 0.6 is 34.5 Å². The number of rotatable bonds is 2. The van der Waals surface area contributed by atoms with Gasteiger partial charge in [-0.15, -0.1) is 11.3 Å². The van der Waals surface area contributed by atoms with Crippen LogP contribution in [0.1, 0.15) is 5.56 Å². The highest BCUT2D eigenvalue weighted by atomic mass is 35.5. The Morgan fingerprint density at radius 2 is 2.14 bits per heavy atom. The predicted molar refractivity (Wildman–Crippen MR) is 89.1 cm³/mol. The van der Waals surface area contributed by atoms with E-state index in [1.54, 1.807) is 17.4 Å². The predicted octanol–water partition coefficient (Wildman–Crippen LogP) is 4.88. The van der Waals surface area contributed by atoms with Crippen LogP contribution < -0.4 is 5.32 Å². The summed E-state index contributed by atoms with van der Waals surface area (Å²) in [5, 5.41) is 11.5. The molecule has 0 spiro atoms. The van der Waals surface area contributed by atoms with Crippen molar-refractivity contribution in [3.63, 3.8) is 0 Å². The lowest BCUT2D eigenvalue weighted by Gasteiger charge is -2.08. The molecule has 0 aliphatic carbocycles. The van der Waals surface area contributed by atoms with Gasteiger partial charge in [-0.3, -0.25) is 0 Å². The number of thiophene rings is 1. The number of aromatic nitrogens is 2. The summed E-state index contributed by atoms with van der Waals surface area (Å²) in [6.07, 6.45) is 0.980. The molecule has 3 aromatic rings. The number of nitrogens with one attached hydrogen (secondary N) is 1. The minimum atomic E-state index is 0.597. The Morgan fingerprint density at radius 1 is 1.24 bits per heavy atom. The number of nitrogens with zero attached hydrogens (tertiary/aromatic N) is 2. The van der Waals surface area contributed by atoms with Crippen LogP contribution in [-0.2, 0) is 6.42 Å². The van der Waals surface area contributed by atoms with Gasteiger partial charge in [0, 0.05) is 17.1 Å². The average molecular weight is 336 g/mol. The van der Waals surface area contributed by atoms with Gasteiger partial charge >= 0.3 is 0 Å². The van der Waals surface area contributed by atoms with Crippen LogP contribution in [0.2, 0.25) is 10.0 Å². The van der Waals surface area contributed by atoms with Gasteiger partial charge < -0.3 is 5.32 Å². The van der Waals surface area contributed by atoms with Crippen LogP contribution in [0.15, 0.2) is 35.7 Å². The fourth-order valence-electron chi connectivity index (χ4n) is 2.61. The summed E-state index contributed by atoms with van der Waals surface area (Å²) in [7, 11) is 0. The molecule has 3 heterocycles. The van der Waals surface area contributed by atoms with Gasteiger partial charge in [-0.05, 0) is 36.1 Å². The van der Waals surface area contributed by atoms with Crippen LogP contribution in [0, 0.1) is 0 Å². The van der Waals surface area contributed by atoms with Crippen molar-refractivity contribution in [2.45, 2.75) is 6.42 Å². The number of fused-ring (bicyclic) bond motifs is 1. The molecule has 0 saturated heterocycles. The Hall–Kier alpha value is -1.49. The average Bonchev–Trinajstić information content (AvgIpc) is 3.15. The molecular weight excluding hydrogens is 325 g/mol. The molecule has 1 aliphatic rings. The highest BCUT2D eigenvalue weighted by Crippen LogP contribution is 2.37. The van der Waals surface area contributed by atoms with Crippen molar-refractivity contribution >= 4 is 40.4 Å². The van der Waals surface area contributed by atoms with Gasteiger partial charge in [0.1, 0.15) is 11.5 Å². The molecule has 6 heteroatoms. The molecule has 0 radical (unpaired) electrons. The van der Waals surface area contributed by atoms with Gasteiger partial charge in [0.25, 0.3) is 0 Å². The van der Waals surface area contributed by atoms with E-state index in [0.717, 1.165) is 30.2 Å². The summed E-state index contributed by atoms with van der Waals surface area (Å²) in [6.45, 7) is 0.927. The summed E-state index contributed by atoms with van der Waals surface area (Å²) < 4.78 is 1.88. The monoisotopic (exact) mass is 335 g/mol. The first-order valence-electron chi connectivity index (χ1n) is 6.59. The fourth-order valence-corrected chi connectivity index (χ4v) is 3.84. The zero-order chi connectivity index (χ0) is 14.4. The summed E-state index contributed by atoms with van der Waals surface area (Å²) in [5.41, 5.74) is 3.13. The zero-order valence-electron chi connectivity index (χ0n) is 10.9. The SMILES string of the molecule is Clc1ccc(-n2nc(-c3cccs3)c3c2NCC3)c(Cl)c1. The van der Waals surface area contributed by atoms with Gasteiger partial charge in [-0.25, -0.2) is 4.68 Å². The van der Waals surface area contributed by atoms with Crippen molar-refractivity contribution in [1.29, 1.82) is 0 Å². The quantitative estimate of drug-likeness (QED) is 0.723. The fraction of sp³-hybridized carbons (Fsp3) is 0.133. The lowest BCUT2D eigenvalue weighted by molar-refractivity contribution is 0.883. The summed E-state index contributed by atoms with van der Waals surface area (Å²) in [6, 6.07) is 9.61. The maximum atomic E-state index is 6.33. The van der Waals surface area contributed by atoms with Gasteiger partial charge in [-0.1, -0.05) is 29.3 Å². The number of halogens is 2. The normalized spacial score (nSPS) is 13.2. The molecule has 0 saturated carbocycles. The van der Waals surface area contributed by atoms with Gasteiger partial charge in [0.2, 0.25) is 0 Å². The van der Waals surface area contributed by atoms with Crippen LogP contribution in [0.5, 0.6) is 0 Å². The minimum Gasteiger partial charge on any atom is -0.369 e. The molecular formula is C15H11Cl2N3S. The molecule has 106 valence electrons. The first kappa shape index (κ1) is 13.2. The van der Waals surface area contributed by atoms with Crippen molar-refractivity contribution < 1.29 is 0 Å².